The summed E-state index contributed by atoms with van der Waals surface area (Å²) in [6.45, 7) is 2.49. The van der Waals surface area contributed by atoms with E-state index in [0.29, 0.717) is 12.4 Å². The third kappa shape index (κ3) is 3.68. The maximum Gasteiger partial charge on any atom is 0.182 e. The van der Waals surface area contributed by atoms with Gasteiger partial charge in [0.2, 0.25) is 0 Å². The van der Waals surface area contributed by atoms with Gasteiger partial charge in [0.05, 0.1) is 6.54 Å². The monoisotopic (exact) mass is 254 g/mol. The number of nitriles is 1. The van der Waals surface area contributed by atoms with E-state index < -0.39 is 0 Å². The molecule has 0 amide bonds. The first-order valence-corrected chi connectivity index (χ1v) is 5.96. The van der Waals surface area contributed by atoms with Crippen LogP contribution in [-0.2, 0) is 0 Å². The van der Waals surface area contributed by atoms with Crippen molar-refractivity contribution in [2.24, 2.45) is 0 Å². The zero-order valence-corrected chi connectivity index (χ0v) is 10.6. The van der Waals surface area contributed by atoms with Crippen LogP contribution in [0.3, 0.4) is 0 Å². The number of para-hydroxylation sites is 1. The Bertz CT molecular complexity index is 565. The van der Waals surface area contributed by atoms with E-state index in [-0.39, 0.29) is 11.8 Å². The summed E-state index contributed by atoms with van der Waals surface area (Å²) in [4.78, 5) is 8.01. The molecule has 0 unspecified atom stereocenters. The molecule has 2 rings (SSSR count). The molecule has 5 nitrogen and oxygen atoms in total. The summed E-state index contributed by atoms with van der Waals surface area (Å²) in [5, 5.41) is 12.0. The minimum absolute atomic E-state index is 0.0454. The fraction of sp³-hybridized carbons (Fsp3) is 0.214. The van der Waals surface area contributed by atoms with Gasteiger partial charge in [0, 0.05) is 12.4 Å². The SMILES string of the molecule is C[C@@H](CNc1nccnc1C#N)Oc1ccccc1. The molecule has 1 atom stereocenters. The number of nitrogens with zero attached hydrogens (tertiary/aromatic N) is 3. The number of anilines is 1. The maximum absolute atomic E-state index is 8.90. The average Bonchev–Trinajstić information content (AvgIpc) is 2.46. The number of hydrogen-bond donors (Lipinski definition) is 1. The van der Waals surface area contributed by atoms with E-state index in [2.05, 4.69) is 15.3 Å². The quantitative estimate of drug-likeness (QED) is 0.885. The minimum Gasteiger partial charge on any atom is -0.489 e. The van der Waals surface area contributed by atoms with Crippen molar-refractivity contribution in [3.63, 3.8) is 0 Å². The van der Waals surface area contributed by atoms with Crippen LogP contribution in [0.15, 0.2) is 42.7 Å². The van der Waals surface area contributed by atoms with Gasteiger partial charge in [-0.1, -0.05) is 18.2 Å². The standard InChI is InChI=1S/C14H14N4O/c1-11(19-12-5-3-2-4-6-12)10-18-14-13(9-15)16-7-8-17-14/h2-8,11H,10H2,1H3,(H,17,18)/t11-/m0/s1. The molecule has 96 valence electrons. The van der Waals surface area contributed by atoms with E-state index >= 15 is 0 Å². The lowest BCUT2D eigenvalue weighted by Gasteiger charge is -2.15. The van der Waals surface area contributed by atoms with Gasteiger partial charge in [-0.15, -0.1) is 0 Å². The Morgan fingerprint density at radius 1 is 1.26 bits per heavy atom. The molecule has 5 heteroatoms. The molecule has 2 aromatic rings. The summed E-state index contributed by atoms with van der Waals surface area (Å²) < 4.78 is 5.72. The molecule has 0 radical (unpaired) electrons. The number of nitrogens with one attached hydrogen (secondary N) is 1. The highest BCUT2D eigenvalue weighted by Gasteiger charge is 2.07. The van der Waals surface area contributed by atoms with Crippen molar-refractivity contribution in [3.05, 3.63) is 48.4 Å². The minimum atomic E-state index is -0.0454. The van der Waals surface area contributed by atoms with Crippen molar-refractivity contribution < 1.29 is 4.74 Å². The van der Waals surface area contributed by atoms with E-state index in [1.807, 2.05) is 43.3 Å². The third-order valence-electron chi connectivity index (χ3n) is 2.44. The summed E-state index contributed by atoms with van der Waals surface area (Å²) in [6.07, 6.45) is 3.00. The number of ether oxygens (including phenoxy) is 1. The molecule has 1 aromatic carbocycles. The first-order valence-electron chi connectivity index (χ1n) is 5.96. The molecule has 0 aliphatic heterocycles. The molecule has 0 fully saturated rings. The summed E-state index contributed by atoms with van der Waals surface area (Å²) in [5.41, 5.74) is 0.286. The smallest absolute Gasteiger partial charge is 0.182 e. The molecule has 0 aliphatic rings. The Morgan fingerprint density at radius 2 is 2.00 bits per heavy atom. The molecular formula is C14H14N4O. The van der Waals surface area contributed by atoms with Crippen LogP contribution < -0.4 is 10.1 Å². The van der Waals surface area contributed by atoms with Crippen LogP contribution in [0, 0.1) is 11.3 Å². The Hall–Kier alpha value is -2.61. The molecule has 0 bridgehead atoms. The predicted molar refractivity (Wildman–Crippen MR) is 71.8 cm³/mol. The van der Waals surface area contributed by atoms with E-state index in [1.165, 1.54) is 6.20 Å². The summed E-state index contributed by atoms with van der Waals surface area (Å²) >= 11 is 0. The predicted octanol–water partition coefficient (Wildman–Crippen LogP) is 2.23. The highest BCUT2D eigenvalue weighted by atomic mass is 16.5. The fourth-order valence-electron chi connectivity index (χ4n) is 1.56. The zero-order chi connectivity index (χ0) is 13.5. The Balaban J connectivity index is 1.90. The van der Waals surface area contributed by atoms with Gasteiger partial charge in [0.25, 0.3) is 0 Å². The first kappa shape index (κ1) is 12.8. The molecular weight excluding hydrogens is 240 g/mol. The van der Waals surface area contributed by atoms with Crippen LogP contribution in [0.5, 0.6) is 5.75 Å². The van der Waals surface area contributed by atoms with Gasteiger partial charge in [-0.25, -0.2) is 9.97 Å². The van der Waals surface area contributed by atoms with Crippen LogP contribution in [0.4, 0.5) is 5.82 Å². The number of hydrogen-bond acceptors (Lipinski definition) is 5. The van der Waals surface area contributed by atoms with Crippen molar-refractivity contribution in [1.82, 2.24) is 9.97 Å². The van der Waals surface area contributed by atoms with E-state index in [0.717, 1.165) is 5.75 Å². The lowest BCUT2D eigenvalue weighted by Crippen LogP contribution is -2.23. The van der Waals surface area contributed by atoms with Gasteiger partial charge < -0.3 is 10.1 Å². The van der Waals surface area contributed by atoms with Crippen LogP contribution in [0.1, 0.15) is 12.6 Å². The summed E-state index contributed by atoms with van der Waals surface area (Å²) in [5.74, 6) is 1.30. The highest BCUT2D eigenvalue weighted by Crippen LogP contribution is 2.12. The van der Waals surface area contributed by atoms with Gasteiger partial charge in [-0.05, 0) is 19.1 Å². The van der Waals surface area contributed by atoms with Crippen LogP contribution in [-0.4, -0.2) is 22.6 Å². The first-order chi connectivity index (χ1) is 9.29. The van der Waals surface area contributed by atoms with Gasteiger partial charge >= 0.3 is 0 Å². The zero-order valence-electron chi connectivity index (χ0n) is 10.6. The highest BCUT2D eigenvalue weighted by molar-refractivity contribution is 5.46. The van der Waals surface area contributed by atoms with Crippen molar-refractivity contribution in [2.75, 3.05) is 11.9 Å². The number of benzene rings is 1. The van der Waals surface area contributed by atoms with E-state index in [9.17, 15) is 0 Å². The fourth-order valence-corrected chi connectivity index (χ4v) is 1.56. The van der Waals surface area contributed by atoms with Crippen molar-refractivity contribution in [3.8, 4) is 11.8 Å². The van der Waals surface area contributed by atoms with Crippen LogP contribution in [0.2, 0.25) is 0 Å². The van der Waals surface area contributed by atoms with Crippen LogP contribution in [0.25, 0.3) is 0 Å². The average molecular weight is 254 g/mol. The Morgan fingerprint density at radius 3 is 2.74 bits per heavy atom. The second-order valence-corrected chi connectivity index (χ2v) is 3.99. The lowest BCUT2D eigenvalue weighted by atomic mass is 10.3. The molecule has 19 heavy (non-hydrogen) atoms. The third-order valence-corrected chi connectivity index (χ3v) is 2.44. The molecule has 0 saturated heterocycles. The van der Waals surface area contributed by atoms with Crippen molar-refractivity contribution >= 4 is 5.82 Å². The molecule has 0 spiro atoms. The maximum atomic E-state index is 8.90. The van der Waals surface area contributed by atoms with Gasteiger partial charge in [-0.3, -0.25) is 0 Å². The topological polar surface area (TPSA) is 70.8 Å². The summed E-state index contributed by atoms with van der Waals surface area (Å²) in [7, 11) is 0. The van der Waals surface area contributed by atoms with Crippen molar-refractivity contribution in [2.45, 2.75) is 13.0 Å². The molecule has 1 heterocycles. The van der Waals surface area contributed by atoms with Gasteiger partial charge in [0.1, 0.15) is 17.9 Å². The molecule has 1 aromatic heterocycles. The van der Waals surface area contributed by atoms with Crippen LogP contribution >= 0.6 is 0 Å². The molecule has 1 N–H and O–H groups in total. The summed E-state index contributed by atoms with van der Waals surface area (Å²) in [6, 6.07) is 11.6. The Labute approximate surface area is 111 Å². The normalized spacial score (nSPS) is 11.4. The van der Waals surface area contributed by atoms with Gasteiger partial charge in [-0.2, -0.15) is 5.26 Å². The van der Waals surface area contributed by atoms with E-state index in [4.69, 9.17) is 10.00 Å². The largest absolute Gasteiger partial charge is 0.489 e. The second kappa shape index (κ2) is 6.36. The second-order valence-electron chi connectivity index (χ2n) is 3.99. The van der Waals surface area contributed by atoms with E-state index in [1.54, 1.807) is 6.20 Å². The molecule has 0 aliphatic carbocycles. The number of rotatable bonds is 5. The molecule has 0 saturated carbocycles. The number of aromatic nitrogens is 2. The van der Waals surface area contributed by atoms with Crippen molar-refractivity contribution in [1.29, 1.82) is 5.26 Å². The van der Waals surface area contributed by atoms with Gasteiger partial charge in [0.15, 0.2) is 11.5 Å². The lowest BCUT2D eigenvalue weighted by molar-refractivity contribution is 0.234. The Kier molecular flexibility index (Phi) is 4.29.